The zero-order valence-corrected chi connectivity index (χ0v) is 16.3. The molecule has 1 saturated carbocycles. The third-order valence-electron chi connectivity index (χ3n) is 5.80. The molecular formula is C21H31N3O3. The lowest BCUT2D eigenvalue weighted by atomic mass is 9.79. The summed E-state index contributed by atoms with van der Waals surface area (Å²) in [4.78, 5) is 27.0. The number of carbonyl (C=O) groups is 2. The minimum absolute atomic E-state index is 0.00585. The molecule has 6 nitrogen and oxygen atoms in total. The number of benzene rings is 1. The predicted octanol–water partition coefficient (Wildman–Crippen LogP) is 1.88. The fraction of sp³-hybridized carbons (Fsp3) is 0.619. The summed E-state index contributed by atoms with van der Waals surface area (Å²) in [5.74, 6) is -0.348. The van der Waals surface area contributed by atoms with Gasteiger partial charge in [0.1, 0.15) is 0 Å². The summed E-state index contributed by atoms with van der Waals surface area (Å²) in [6.07, 6.45) is 5.91. The Morgan fingerprint density at radius 2 is 1.70 bits per heavy atom. The van der Waals surface area contributed by atoms with Crippen molar-refractivity contribution in [3.8, 4) is 0 Å². The van der Waals surface area contributed by atoms with Crippen LogP contribution in [0, 0.1) is 6.92 Å². The van der Waals surface area contributed by atoms with Crippen molar-refractivity contribution in [1.29, 1.82) is 0 Å². The third-order valence-corrected chi connectivity index (χ3v) is 5.80. The van der Waals surface area contributed by atoms with E-state index in [9.17, 15) is 9.59 Å². The van der Waals surface area contributed by atoms with Gasteiger partial charge in [-0.05, 0) is 31.9 Å². The molecule has 1 aliphatic carbocycles. The molecule has 0 unspecified atom stereocenters. The van der Waals surface area contributed by atoms with Crippen LogP contribution in [-0.2, 0) is 9.53 Å². The van der Waals surface area contributed by atoms with Crippen LogP contribution in [0.1, 0.15) is 48.0 Å². The summed E-state index contributed by atoms with van der Waals surface area (Å²) in [7, 11) is 0. The zero-order valence-electron chi connectivity index (χ0n) is 16.3. The second-order valence-corrected chi connectivity index (χ2v) is 7.71. The van der Waals surface area contributed by atoms with Gasteiger partial charge in [0.05, 0.1) is 19.8 Å². The summed E-state index contributed by atoms with van der Waals surface area (Å²) >= 11 is 0. The summed E-state index contributed by atoms with van der Waals surface area (Å²) in [5.41, 5.74) is 1.72. The Kier molecular flexibility index (Phi) is 6.85. The van der Waals surface area contributed by atoms with E-state index in [2.05, 4.69) is 15.5 Å². The van der Waals surface area contributed by atoms with Crippen LogP contribution in [0.25, 0.3) is 0 Å². The van der Waals surface area contributed by atoms with Crippen LogP contribution in [0.2, 0.25) is 0 Å². The molecule has 2 fully saturated rings. The summed E-state index contributed by atoms with van der Waals surface area (Å²) in [6.45, 7) is 6.02. The monoisotopic (exact) mass is 373 g/mol. The van der Waals surface area contributed by atoms with E-state index in [1.54, 1.807) is 12.1 Å². The molecule has 3 rings (SSSR count). The maximum atomic E-state index is 12.3. The first-order valence-corrected chi connectivity index (χ1v) is 10.0. The van der Waals surface area contributed by atoms with Gasteiger partial charge in [-0.3, -0.25) is 14.5 Å². The SMILES string of the molecule is Cc1ccc(C(=O)NCC(=O)NCC2(N3CCOCC3)CCCCC2)cc1. The smallest absolute Gasteiger partial charge is 0.251 e. The molecule has 0 radical (unpaired) electrons. The van der Waals surface area contributed by atoms with Crippen molar-refractivity contribution < 1.29 is 14.3 Å². The lowest BCUT2D eigenvalue weighted by Crippen LogP contribution is -2.60. The summed E-state index contributed by atoms with van der Waals surface area (Å²) < 4.78 is 5.50. The zero-order chi connectivity index (χ0) is 19.1. The highest BCUT2D eigenvalue weighted by Gasteiger charge is 2.38. The highest BCUT2D eigenvalue weighted by atomic mass is 16.5. The Bertz CT molecular complexity index is 633. The van der Waals surface area contributed by atoms with E-state index < -0.39 is 0 Å². The number of morpholine rings is 1. The number of nitrogens with zero attached hydrogens (tertiary/aromatic N) is 1. The number of nitrogens with one attached hydrogen (secondary N) is 2. The van der Waals surface area contributed by atoms with E-state index in [1.807, 2.05) is 19.1 Å². The van der Waals surface area contributed by atoms with Crippen LogP contribution in [0.4, 0.5) is 0 Å². The van der Waals surface area contributed by atoms with Crippen molar-refractivity contribution in [2.75, 3.05) is 39.4 Å². The van der Waals surface area contributed by atoms with Gasteiger partial charge in [0, 0.05) is 30.7 Å². The van der Waals surface area contributed by atoms with Gasteiger partial charge in [-0.25, -0.2) is 0 Å². The lowest BCUT2D eigenvalue weighted by molar-refractivity contribution is -0.121. The van der Waals surface area contributed by atoms with Crippen molar-refractivity contribution in [2.24, 2.45) is 0 Å². The van der Waals surface area contributed by atoms with Crippen molar-refractivity contribution in [3.05, 3.63) is 35.4 Å². The van der Waals surface area contributed by atoms with Crippen molar-refractivity contribution in [1.82, 2.24) is 15.5 Å². The van der Waals surface area contributed by atoms with E-state index in [0.717, 1.165) is 44.7 Å². The molecule has 0 aromatic heterocycles. The van der Waals surface area contributed by atoms with Crippen molar-refractivity contribution >= 4 is 11.8 Å². The van der Waals surface area contributed by atoms with E-state index in [-0.39, 0.29) is 23.9 Å². The Labute approximate surface area is 161 Å². The molecule has 1 aliphatic heterocycles. The van der Waals surface area contributed by atoms with Gasteiger partial charge in [-0.15, -0.1) is 0 Å². The molecule has 1 aromatic carbocycles. The second kappa shape index (κ2) is 9.33. The van der Waals surface area contributed by atoms with Gasteiger partial charge in [0.15, 0.2) is 0 Å². The number of aryl methyl sites for hydroxylation is 1. The maximum Gasteiger partial charge on any atom is 0.251 e. The van der Waals surface area contributed by atoms with Gasteiger partial charge >= 0.3 is 0 Å². The standard InChI is InChI=1S/C21H31N3O3/c1-17-5-7-18(8-6-17)20(26)22-15-19(25)23-16-21(9-3-2-4-10-21)24-11-13-27-14-12-24/h5-8H,2-4,9-16H2,1H3,(H,22,26)(H,23,25). The van der Waals surface area contributed by atoms with E-state index in [0.29, 0.717) is 12.1 Å². The minimum Gasteiger partial charge on any atom is -0.379 e. The average Bonchev–Trinajstić information content (AvgIpc) is 2.72. The summed E-state index contributed by atoms with van der Waals surface area (Å²) in [5, 5.41) is 5.78. The molecule has 0 spiro atoms. The fourth-order valence-corrected chi connectivity index (χ4v) is 4.15. The Morgan fingerprint density at radius 3 is 2.37 bits per heavy atom. The van der Waals surface area contributed by atoms with Gasteiger partial charge in [-0.2, -0.15) is 0 Å². The molecule has 2 aliphatic rings. The van der Waals surface area contributed by atoms with Gasteiger partial charge in [0.25, 0.3) is 5.91 Å². The Morgan fingerprint density at radius 1 is 1.04 bits per heavy atom. The number of carbonyl (C=O) groups excluding carboxylic acids is 2. The van der Waals surface area contributed by atoms with Crippen LogP contribution in [-0.4, -0.2) is 61.6 Å². The van der Waals surface area contributed by atoms with Crippen LogP contribution in [0.15, 0.2) is 24.3 Å². The molecule has 0 bridgehead atoms. The molecule has 0 atom stereocenters. The van der Waals surface area contributed by atoms with E-state index >= 15 is 0 Å². The number of hydrogen-bond donors (Lipinski definition) is 2. The Balaban J connectivity index is 1.50. The van der Waals surface area contributed by atoms with Crippen molar-refractivity contribution in [2.45, 2.75) is 44.6 Å². The molecular weight excluding hydrogens is 342 g/mol. The van der Waals surface area contributed by atoms with Gasteiger partial charge in [0.2, 0.25) is 5.91 Å². The van der Waals surface area contributed by atoms with Crippen LogP contribution in [0.3, 0.4) is 0 Å². The normalized spacial score (nSPS) is 20.0. The molecule has 2 amide bonds. The molecule has 1 saturated heterocycles. The molecule has 1 heterocycles. The molecule has 1 aromatic rings. The topological polar surface area (TPSA) is 70.7 Å². The maximum absolute atomic E-state index is 12.3. The number of hydrogen-bond acceptors (Lipinski definition) is 4. The van der Waals surface area contributed by atoms with E-state index in [1.165, 1.54) is 19.3 Å². The highest BCUT2D eigenvalue weighted by Crippen LogP contribution is 2.33. The quantitative estimate of drug-likeness (QED) is 0.799. The molecule has 6 heteroatoms. The first-order valence-electron chi connectivity index (χ1n) is 10.0. The second-order valence-electron chi connectivity index (χ2n) is 7.71. The predicted molar refractivity (Wildman–Crippen MR) is 105 cm³/mol. The van der Waals surface area contributed by atoms with Crippen molar-refractivity contribution in [3.63, 3.8) is 0 Å². The van der Waals surface area contributed by atoms with E-state index in [4.69, 9.17) is 4.74 Å². The fourth-order valence-electron chi connectivity index (χ4n) is 4.15. The molecule has 27 heavy (non-hydrogen) atoms. The van der Waals surface area contributed by atoms with Gasteiger partial charge < -0.3 is 15.4 Å². The molecule has 2 N–H and O–H groups in total. The minimum atomic E-state index is -0.217. The van der Waals surface area contributed by atoms with Crippen LogP contribution < -0.4 is 10.6 Å². The highest BCUT2D eigenvalue weighted by molar-refractivity contribution is 5.96. The summed E-state index contributed by atoms with van der Waals surface area (Å²) in [6, 6.07) is 7.34. The average molecular weight is 373 g/mol. The first kappa shape index (κ1) is 19.8. The number of ether oxygens (including phenoxy) is 1. The lowest BCUT2D eigenvalue weighted by Gasteiger charge is -2.48. The number of amides is 2. The largest absolute Gasteiger partial charge is 0.379 e. The van der Waals surface area contributed by atoms with Crippen LogP contribution >= 0.6 is 0 Å². The third kappa shape index (κ3) is 5.30. The molecule has 148 valence electrons. The Hall–Kier alpha value is -1.92. The van der Waals surface area contributed by atoms with Crippen LogP contribution in [0.5, 0.6) is 0 Å². The van der Waals surface area contributed by atoms with Gasteiger partial charge in [-0.1, -0.05) is 37.0 Å². The first-order chi connectivity index (χ1) is 13.1. The number of rotatable bonds is 6.